The number of carbonyl (C=O) groups excluding carboxylic acids is 2. The van der Waals surface area contributed by atoms with Crippen molar-refractivity contribution in [2.24, 2.45) is 5.41 Å². The maximum Gasteiger partial charge on any atom is 0.268 e. The number of anilines is 1. The first-order valence-electron chi connectivity index (χ1n) is 10.3. The zero-order chi connectivity index (χ0) is 23.9. The van der Waals surface area contributed by atoms with Crippen LogP contribution in [0.3, 0.4) is 0 Å². The molecular weight excluding hydrogens is 447 g/mol. The molecule has 8 heteroatoms. The van der Waals surface area contributed by atoms with Crippen molar-refractivity contribution in [3.8, 4) is 11.4 Å². The van der Waals surface area contributed by atoms with Crippen LogP contribution in [-0.4, -0.2) is 23.4 Å². The molecule has 1 N–H and O–H groups in total. The Bertz CT molecular complexity index is 1330. The van der Waals surface area contributed by atoms with Gasteiger partial charge in [0.15, 0.2) is 5.78 Å². The number of amides is 1. The van der Waals surface area contributed by atoms with Crippen molar-refractivity contribution in [1.82, 2.24) is 4.57 Å². The Hall–Kier alpha value is -3.45. The van der Waals surface area contributed by atoms with Crippen molar-refractivity contribution in [2.45, 2.75) is 26.7 Å². The molecule has 0 bridgehead atoms. The van der Waals surface area contributed by atoms with Crippen LogP contribution in [0.5, 0.6) is 5.75 Å². The van der Waals surface area contributed by atoms with Crippen LogP contribution in [0.25, 0.3) is 5.69 Å². The average Bonchev–Trinajstić information content (AvgIpc) is 2.73. The van der Waals surface area contributed by atoms with E-state index >= 15 is 0 Å². The lowest BCUT2D eigenvalue weighted by Crippen LogP contribution is -2.37. The fourth-order valence-electron chi connectivity index (χ4n) is 4.14. The van der Waals surface area contributed by atoms with Crippen LogP contribution in [0.4, 0.5) is 10.1 Å². The molecule has 0 saturated heterocycles. The molecule has 2 aromatic carbocycles. The van der Waals surface area contributed by atoms with Crippen LogP contribution in [0.15, 0.2) is 53.5 Å². The predicted molar refractivity (Wildman–Crippen MR) is 124 cm³/mol. The minimum absolute atomic E-state index is 0.139. The van der Waals surface area contributed by atoms with E-state index in [0.717, 1.165) is 0 Å². The van der Waals surface area contributed by atoms with E-state index < -0.39 is 22.7 Å². The fourth-order valence-corrected chi connectivity index (χ4v) is 4.31. The molecule has 0 atom stereocenters. The van der Waals surface area contributed by atoms with Crippen LogP contribution in [-0.2, 0) is 6.42 Å². The van der Waals surface area contributed by atoms with Crippen LogP contribution >= 0.6 is 11.6 Å². The number of methoxy groups -OCH3 is 1. The van der Waals surface area contributed by atoms with E-state index in [1.165, 1.54) is 48.2 Å². The summed E-state index contributed by atoms with van der Waals surface area (Å²) in [4.78, 5) is 40.0. The van der Waals surface area contributed by atoms with Gasteiger partial charge in [-0.05, 0) is 59.9 Å². The minimum Gasteiger partial charge on any atom is -0.495 e. The number of pyridine rings is 1. The summed E-state index contributed by atoms with van der Waals surface area (Å²) in [6.07, 6.45) is 2.10. The number of fused-ring (bicyclic) bond motifs is 1. The largest absolute Gasteiger partial charge is 0.495 e. The molecule has 1 aliphatic carbocycles. The molecule has 4 rings (SSSR count). The van der Waals surface area contributed by atoms with Crippen molar-refractivity contribution >= 4 is 29.0 Å². The highest BCUT2D eigenvalue weighted by atomic mass is 35.5. The van der Waals surface area contributed by atoms with Gasteiger partial charge in [-0.1, -0.05) is 25.4 Å². The van der Waals surface area contributed by atoms with Gasteiger partial charge in [-0.3, -0.25) is 19.0 Å². The molecule has 1 aromatic heterocycles. The van der Waals surface area contributed by atoms with Gasteiger partial charge < -0.3 is 10.1 Å². The molecule has 3 aromatic rings. The molecule has 0 radical (unpaired) electrons. The molecular formula is C25H22ClFN2O4. The smallest absolute Gasteiger partial charge is 0.268 e. The van der Waals surface area contributed by atoms with Crippen molar-refractivity contribution in [3.05, 3.63) is 86.5 Å². The first kappa shape index (κ1) is 22.7. The second-order valence-electron chi connectivity index (χ2n) is 8.79. The highest BCUT2D eigenvalue weighted by Gasteiger charge is 2.36. The van der Waals surface area contributed by atoms with Gasteiger partial charge in [0, 0.05) is 28.9 Å². The Morgan fingerprint density at radius 3 is 2.48 bits per heavy atom. The van der Waals surface area contributed by atoms with Crippen LogP contribution < -0.4 is 15.6 Å². The van der Waals surface area contributed by atoms with Crippen LogP contribution in [0.2, 0.25) is 5.02 Å². The fraction of sp³-hybridized carbons (Fsp3) is 0.240. The third kappa shape index (κ3) is 4.41. The summed E-state index contributed by atoms with van der Waals surface area (Å²) in [5.74, 6) is -0.938. The number of ketones is 1. The predicted octanol–water partition coefficient (Wildman–Crippen LogP) is 5.05. The second-order valence-corrected chi connectivity index (χ2v) is 9.22. The van der Waals surface area contributed by atoms with Crippen LogP contribution in [0, 0.1) is 11.2 Å². The summed E-state index contributed by atoms with van der Waals surface area (Å²) in [5.41, 5.74) is 0.184. The number of ether oxygens (including phenoxy) is 1. The monoisotopic (exact) mass is 468 g/mol. The molecule has 0 aliphatic heterocycles. The Kier molecular flexibility index (Phi) is 5.84. The molecule has 0 saturated carbocycles. The maximum absolute atomic E-state index is 13.5. The molecule has 170 valence electrons. The quantitative estimate of drug-likeness (QED) is 0.581. The van der Waals surface area contributed by atoms with E-state index in [4.69, 9.17) is 16.3 Å². The summed E-state index contributed by atoms with van der Waals surface area (Å²) in [7, 11) is 1.45. The number of aromatic nitrogens is 1. The summed E-state index contributed by atoms with van der Waals surface area (Å²) in [6.45, 7) is 3.84. The number of nitrogens with one attached hydrogen (secondary N) is 1. The zero-order valence-corrected chi connectivity index (χ0v) is 19.1. The SMILES string of the molecule is COc1ccc(Cl)cc1NC(=O)c1c2c(cn(-c3ccc(F)cc3)c1=O)C(=O)CC(C)(C)C2. The maximum atomic E-state index is 13.5. The first-order valence-corrected chi connectivity index (χ1v) is 10.7. The molecule has 33 heavy (non-hydrogen) atoms. The number of halogens is 2. The summed E-state index contributed by atoms with van der Waals surface area (Å²) < 4.78 is 19.9. The lowest BCUT2D eigenvalue weighted by Gasteiger charge is -2.31. The standard InChI is InChI=1S/C25H22ClFN2O4/c1-25(2)11-17-18(20(30)12-25)13-29(16-7-5-15(27)6-8-16)24(32)22(17)23(31)28-19-10-14(26)4-9-21(19)33-3/h4-10,13H,11-12H2,1-3H3,(H,28,31). The lowest BCUT2D eigenvalue weighted by atomic mass is 9.73. The summed E-state index contributed by atoms with van der Waals surface area (Å²) in [5, 5.41) is 3.08. The lowest BCUT2D eigenvalue weighted by molar-refractivity contribution is 0.0910. The topological polar surface area (TPSA) is 77.4 Å². The Balaban J connectivity index is 1.91. The number of Topliss-reactive ketones (excluding diaryl/α,β-unsaturated/α-hetero) is 1. The number of nitrogens with zero attached hydrogens (tertiary/aromatic N) is 1. The summed E-state index contributed by atoms with van der Waals surface area (Å²) >= 11 is 6.08. The first-order chi connectivity index (χ1) is 15.6. The Labute approximate surface area is 195 Å². The molecule has 0 unspecified atom stereocenters. The van der Waals surface area contributed by atoms with Crippen molar-refractivity contribution in [2.75, 3.05) is 12.4 Å². The van der Waals surface area contributed by atoms with Gasteiger partial charge >= 0.3 is 0 Å². The van der Waals surface area contributed by atoms with Gasteiger partial charge in [-0.15, -0.1) is 0 Å². The van der Waals surface area contributed by atoms with Gasteiger partial charge in [0.05, 0.1) is 12.8 Å². The zero-order valence-electron chi connectivity index (χ0n) is 18.4. The number of benzene rings is 2. The molecule has 0 spiro atoms. The number of rotatable bonds is 4. The van der Waals surface area contributed by atoms with E-state index in [9.17, 15) is 18.8 Å². The third-order valence-electron chi connectivity index (χ3n) is 5.65. The average molecular weight is 469 g/mol. The Morgan fingerprint density at radius 1 is 1.12 bits per heavy atom. The third-order valence-corrected chi connectivity index (χ3v) is 5.89. The number of carbonyl (C=O) groups is 2. The molecule has 1 aliphatic rings. The normalized spacial score (nSPS) is 14.5. The van der Waals surface area contributed by atoms with Crippen molar-refractivity contribution in [1.29, 1.82) is 0 Å². The van der Waals surface area contributed by atoms with Crippen molar-refractivity contribution < 1.29 is 18.7 Å². The van der Waals surface area contributed by atoms with E-state index in [2.05, 4.69) is 5.32 Å². The molecule has 0 fully saturated rings. The number of hydrogen-bond acceptors (Lipinski definition) is 4. The highest BCUT2D eigenvalue weighted by Crippen LogP contribution is 2.36. The number of hydrogen-bond donors (Lipinski definition) is 1. The highest BCUT2D eigenvalue weighted by molar-refractivity contribution is 6.31. The Morgan fingerprint density at radius 2 is 1.82 bits per heavy atom. The molecule has 1 amide bonds. The van der Waals surface area contributed by atoms with Crippen molar-refractivity contribution in [3.63, 3.8) is 0 Å². The van der Waals surface area contributed by atoms with Gasteiger partial charge in [0.25, 0.3) is 11.5 Å². The van der Waals surface area contributed by atoms with E-state index in [1.807, 2.05) is 13.8 Å². The second kappa shape index (κ2) is 8.48. The van der Waals surface area contributed by atoms with E-state index in [1.54, 1.807) is 12.1 Å². The van der Waals surface area contributed by atoms with Gasteiger partial charge in [-0.2, -0.15) is 0 Å². The van der Waals surface area contributed by atoms with Crippen LogP contribution in [0.1, 0.15) is 46.5 Å². The van der Waals surface area contributed by atoms with Gasteiger partial charge in [0.2, 0.25) is 0 Å². The van der Waals surface area contributed by atoms with E-state index in [0.29, 0.717) is 39.7 Å². The molecule has 6 nitrogen and oxygen atoms in total. The van der Waals surface area contributed by atoms with Gasteiger partial charge in [-0.25, -0.2) is 4.39 Å². The summed E-state index contributed by atoms with van der Waals surface area (Å²) in [6, 6.07) is 9.99. The molecule has 1 heterocycles. The van der Waals surface area contributed by atoms with Gasteiger partial charge in [0.1, 0.15) is 17.1 Å². The minimum atomic E-state index is -0.682. The van der Waals surface area contributed by atoms with E-state index in [-0.39, 0.29) is 17.8 Å².